The number of hydrogen-bond acceptors (Lipinski definition) is 4. The van der Waals surface area contributed by atoms with Crippen molar-refractivity contribution in [2.75, 3.05) is 6.61 Å². The molecule has 0 N–H and O–H groups in total. The van der Waals surface area contributed by atoms with Gasteiger partial charge in [-0.2, -0.15) is 0 Å². The molecule has 4 rings (SSSR count). The Morgan fingerprint density at radius 2 is 1.96 bits per heavy atom. The van der Waals surface area contributed by atoms with Crippen molar-refractivity contribution in [1.82, 2.24) is 0 Å². The van der Waals surface area contributed by atoms with E-state index in [1.165, 1.54) is 23.6 Å². The summed E-state index contributed by atoms with van der Waals surface area (Å²) in [6, 6.07) is 6.82. The lowest BCUT2D eigenvalue weighted by molar-refractivity contribution is 0.278. The van der Waals surface area contributed by atoms with Crippen LogP contribution in [0.25, 0.3) is 21.9 Å². The monoisotopic (exact) mass is 338 g/mol. The number of allylic oxidation sites excluding steroid dienone is 1. The fourth-order valence-electron chi connectivity index (χ4n) is 3.62. The van der Waals surface area contributed by atoms with Crippen LogP contribution < -0.4 is 10.4 Å². The molecular formula is C21H22O4. The lowest BCUT2D eigenvalue weighted by atomic mass is 9.75. The van der Waals surface area contributed by atoms with E-state index in [0.717, 1.165) is 23.6 Å². The molecule has 2 aromatic heterocycles. The van der Waals surface area contributed by atoms with E-state index < -0.39 is 0 Å². The molecule has 25 heavy (non-hydrogen) atoms. The van der Waals surface area contributed by atoms with Gasteiger partial charge in [0.05, 0.1) is 17.0 Å². The van der Waals surface area contributed by atoms with Gasteiger partial charge in [-0.15, -0.1) is 0 Å². The molecule has 0 spiro atoms. The first kappa shape index (κ1) is 16.0. The largest absolute Gasteiger partial charge is 0.488 e. The summed E-state index contributed by atoms with van der Waals surface area (Å²) in [6.07, 6.45) is 5.01. The molecule has 130 valence electrons. The van der Waals surface area contributed by atoms with E-state index in [9.17, 15) is 4.79 Å². The van der Waals surface area contributed by atoms with Gasteiger partial charge in [0, 0.05) is 12.1 Å². The molecule has 0 radical (unpaired) electrons. The van der Waals surface area contributed by atoms with E-state index >= 15 is 0 Å². The van der Waals surface area contributed by atoms with E-state index in [1.807, 2.05) is 6.07 Å². The summed E-state index contributed by atoms with van der Waals surface area (Å²) in [5.74, 6) is 0.716. The van der Waals surface area contributed by atoms with Crippen LogP contribution in [0.4, 0.5) is 0 Å². The van der Waals surface area contributed by atoms with Gasteiger partial charge in [-0.3, -0.25) is 0 Å². The first-order valence-electron chi connectivity index (χ1n) is 8.67. The number of furan rings is 1. The van der Waals surface area contributed by atoms with Crippen LogP contribution in [0.2, 0.25) is 0 Å². The van der Waals surface area contributed by atoms with E-state index in [1.54, 1.807) is 18.4 Å². The van der Waals surface area contributed by atoms with Gasteiger partial charge in [0.25, 0.3) is 0 Å². The molecule has 1 aromatic carbocycles. The third-order valence-corrected chi connectivity index (χ3v) is 5.17. The molecule has 0 atom stereocenters. The van der Waals surface area contributed by atoms with E-state index in [2.05, 4.69) is 20.8 Å². The highest BCUT2D eigenvalue weighted by atomic mass is 16.5. The number of fused-ring (bicyclic) bond motifs is 2. The second kappa shape index (κ2) is 5.80. The molecule has 0 bridgehead atoms. The van der Waals surface area contributed by atoms with Gasteiger partial charge >= 0.3 is 5.63 Å². The zero-order valence-electron chi connectivity index (χ0n) is 14.8. The van der Waals surface area contributed by atoms with Crippen molar-refractivity contribution in [1.29, 1.82) is 0 Å². The predicted molar refractivity (Wildman–Crippen MR) is 98.1 cm³/mol. The quantitative estimate of drug-likeness (QED) is 0.471. The Balaban J connectivity index is 1.75. The minimum atomic E-state index is -0.378. The average molecular weight is 338 g/mol. The van der Waals surface area contributed by atoms with Crippen LogP contribution in [0.15, 0.2) is 55.3 Å². The zero-order valence-corrected chi connectivity index (χ0v) is 14.8. The van der Waals surface area contributed by atoms with Gasteiger partial charge < -0.3 is 13.6 Å². The van der Waals surface area contributed by atoms with E-state index in [4.69, 9.17) is 13.6 Å². The molecule has 0 saturated heterocycles. The van der Waals surface area contributed by atoms with E-state index in [-0.39, 0.29) is 5.63 Å². The maximum absolute atomic E-state index is 11.5. The van der Waals surface area contributed by atoms with Gasteiger partial charge in [0.1, 0.15) is 23.5 Å². The van der Waals surface area contributed by atoms with Crippen molar-refractivity contribution < 1.29 is 13.6 Å². The second-order valence-corrected chi connectivity index (χ2v) is 7.72. The second-order valence-electron chi connectivity index (χ2n) is 7.72. The number of rotatable bonds is 3. The Hall–Kier alpha value is -2.49. The molecule has 0 saturated carbocycles. The molecule has 0 amide bonds. The third kappa shape index (κ3) is 2.97. The molecule has 0 aliphatic heterocycles. The first-order chi connectivity index (χ1) is 11.9. The maximum atomic E-state index is 11.5. The molecule has 4 heteroatoms. The SMILES string of the molecule is CC1=C(COc2c3ccoc3cc3oc(=O)ccc23)CC(C)(C)CC1. The highest BCUT2D eigenvalue weighted by Crippen LogP contribution is 2.40. The molecule has 2 heterocycles. The van der Waals surface area contributed by atoms with Crippen LogP contribution in [-0.4, -0.2) is 6.61 Å². The first-order valence-corrected chi connectivity index (χ1v) is 8.67. The summed E-state index contributed by atoms with van der Waals surface area (Å²) in [5.41, 5.74) is 3.87. The van der Waals surface area contributed by atoms with Crippen LogP contribution in [0.3, 0.4) is 0 Å². The van der Waals surface area contributed by atoms with Gasteiger partial charge in [0.15, 0.2) is 0 Å². The molecule has 4 nitrogen and oxygen atoms in total. The number of hydrogen-bond donors (Lipinski definition) is 0. The Kier molecular flexibility index (Phi) is 3.71. The molecular weight excluding hydrogens is 316 g/mol. The number of ether oxygens (including phenoxy) is 1. The summed E-state index contributed by atoms with van der Waals surface area (Å²) in [6.45, 7) is 7.36. The van der Waals surface area contributed by atoms with Crippen molar-refractivity contribution in [3.05, 3.63) is 52.1 Å². The summed E-state index contributed by atoms with van der Waals surface area (Å²) < 4.78 is 17.1. The predicted octanol–water partition coefficient (Wildman–Crippen LogP) is 5.44. The molecule has 1 aliphatic rings. The summed E-state index contributed by atoms with van der Waals surface area (Å²) >= 11 is 0. The topological polar surface area (TPSA) is 52.6 Å². The van der Waals surface area contributed by atoms with Crippen LogP contribution in [0, 0.1) is 5.41 Å². The smallest absolute Gasteiger partial charge is 0.336 e. The summed E-state index contributed by atoms with van der Waals surface area (Å²) in [5, 5.41) is 1.69. The fourth-order valence-corrected chi connectivity index (χ4v) is 3.62. The molecule has 0 unspecified atom stereocenters. The lowest BCUT2D eigenvalue weighted by Crippen LogP contribution is -2.20. The number of benzene rings is 1. The fraction of sp³-hybridized carbons (Fsp3) is 0.381. The van der Waals surface area contributed by atoms with Crippen LogP contribution in [0.1, 0.15) is 40.0 Å². The van der Waals surface area contributed by atoms with Gasteiger partial charge in [-0.05, 0) is 49.3 Å². The third-order valence-electron chi connectivity index (χ3n) is 5.17. The lowest BCUT2D eigenvalue weighted by Gasteiger charge is -2.32. The van der Waals surface area contributed by atoms with Gasteiger partial charge in [0.2, 0.25) is 0 Å². The van der Waals surface area contributed by atoms with Gasteiger partial charge in [-0.1, -0.05) is 19.4 Å². The van der Waals surface area contributed by atoms with Crippen LogP contribution >= 0.6 is 0 Å². The van der Waals surface area contributed by atoms with E-state index in [0.29, 0.717) is 28.9 Å². The van der Waals surface area contributed by atoms with Crippen molar-refractivity contribution in [3.8, 4) is 5.75 Å². The molecule has 0 fully saturated rings. The van der Waals surface area contributed by atoms with Crippen LogP contribution in [0.5, 0.6) is 5.75 Å². The standard InChI is InChI=1S/C21H22O4/c1-13-6-8-21(2,3)11-14(13)12-24-20-15-4-5-19(22)25-18(15)10-17-16(20)7-9-23-17/h4-5,7,9-10H,6,8,11-12H2,1-3H3. The van der Waals surface area contributed by atoms with Crippen molar-refractivity contribution in [2.24, 2.45) is 5.41 Å². The van der Waals surface area contributed by atoms with Crippen molar-refractivity contribution in [3.63, 3.8) is 0 Å². The van der Waals surface area contributed by atoms with Crippen molar-refractivity contribution >= 4 is 21.9 Å². The highest BCUT2D eigenvalue weighted by molar-refractivity contribution is 6.01. The summed E-state index contributed by atoms with van der Waals surface area (Å²) in [7, 11) is 0. The maximum Gasteiger partial charge on any atom is 0.336 e. The molecule has 1 aliphatic carbocycles. The van der Waals surface area contributed by atoms with Crippen LogP contribution in [-0.2, 0) is 0 Å². The Bertz CT molecular complexity index is 1030. The van der Waals surface area contributed by atoms with Gasteiger partial charge in [-0.25, -0.2) is 4.79 Å². The summed E-state index contributed by atoms with van der Waals surface area (Å²) in [4.78, 5) is 11.5. The highest BCUT2D eigenvalue weighted by Gasteiger charge is 2.26. The minimum absolute atomic E-state index is 0.314. The Labute approximate surface area is 146 Å². The minimum Gasteiger partial charge on any atom is -0.488 e. The zero-order chi connectivity index (χ0) is 17.6. The normalized spacial score (nSPS) is 17.4. The molecule has 3 aromatic rings. The average Bonchev–Trinajstić information content (AvgIpc) is 3.02. The van der Waals surface area contributed by atoms with Crippen molar-refractivity contribution in [2.45, 2.75) is 40.0 Å². The Morgan fingerprint density at radius 1 is 1.16 bits per heavy atom. The Morgan fingerprint density at radius 3 is 2.80 bits per heavy atom.